The predicted molar refractivity (Wildman–Crippen MR) is 79.5 cm³/mol. The van der Waals surface area contributed by atoms with Crippen molar-refractivity contribution in [1.82, 2.24) is 0 Å². The lowest BCUT2D eigenvalue weighted by Crippen LogP contribution is -1.99. The first kappa shape index (κ1) is 12.6. The van der Waals surface area contributed by atoms with Crippen LogP contribution in [0.5, 0.6) is 0 Å². The molecule has 0 saturated heterocycles. The molecular formula is C16H22S. The molecule has 0 aliphatic rings. The van der Waals surface area contributed by atoms with Crippen LogP contribution in [0.4, 0.5) is 0 Å². The van der Waals surface area contributed by atoms with Crippen molar-refractivity contribution in [3.63, 3.8) is 0 Å². The maximum absolute atomic E-state index is 2.39. The van der Waals surface area contributed by atoms with Crippen LogP contribution in [0.25, 0.3) is 10.1 Å². The van der Waals surface area contributed by atoms with Crippen molar-refractivity contribution in [1.29, 1.82) is 0 Å². The Morgan fingerprint density at radius 1 is 0.941 bits per heavy atom. The average molecular weight is 246 g/mol. The highest BCUT2D eigenvalue weighted by molar-refractivity contribution is 7.19. The van der Waals surface area contributed by atoms with Gasteiger partial charge >= 0.3 is 0 Å². The van der Waals surface area contributed by atoms with Crippen molar-refractivity contribution < 1.29 is 0 Å². The lowest BCUT2D eigenvalue weighted by atomic mass is 9.88. The zero-order chi connectivity index (χ0) is 12.7. The Morgan fingerprint density at radius 3 is 2.12 bits per heavy atom. The van der Waals surface area contributed by atoms with E-state index in [1.54, 1.807) is 5.56 Å². The number of hydrogen-bond acceptors (Lipinski definition) is 1. The number of aryl methyl sites for hydroxylation is 1. The quantitative estimate of drug-likeness (QED) is 0.631. The first-order valence-corrected chi connectivity index (χ1v) is 7.27. The number of thiophene rings is 1. The smallest absolute Gasteiger partial charge is 0.0383 e. The summed E-state index contributed by atoms with van der Waals surface area (Å²) in [6.45, 7) is 13.7. The molecule has 0 aliphatic heterocycles. The molecule has 0 saturated carbocycles. The highest BCUT2D eigenvalue weighted by atomic mass is 32.1. The van der Waals surface area contributed by atoms with E-state index in [9.17, 15) is 0 Å². The van der Waals surface area contributed by atoms with Crippen LogP contribution >= 0.6 is 11.3 Å². The molecule has 92 valence electrons. The van der Waals surface area contributed by atoms with Crippen LogP contribution in [0.1, 0.15) is 61.1 Å². The van der Waals surface area contributed by atoms with Crippen LogP contribution in [0.2, 0.25) is 0 Å². The Hall–Kier alpha value is -0.820. The molecule has 0 unspecified atom stereocenters. The van der Waals surface area contributed by atoms with Gasteiger partial charge in [0.05, 0.1) is 0 Å². The van der Waals surface area contributed by atoms with Gasteiger partial charge in [-0.25, -0.2) is 0 Å². The molecule has 0 fully saturated rings. The van der Waals surface area contributed by atoms with Crippen molar-refractivity contribution >= 4 is 21.4 Å². The Balaban J connectivity index is 2.84. The van der Waals surface area contributed by atoms with Crippen molar-refractivity contribution in [3.05, 3.63) is 33.7 Å². The molecule has 17 heavy (non-hydrogen) atoms. The second-order valence-electron chi connectivity index (χ2n) is 5.59. The van der Waals surface area contributed by atoms with Gasteiger partial charge in [-0.2, -0.15) is 0 Å². The van der Waals surface area contributed by atoms with E-state index >= 15 is 0 Å². The standard InChI is InChI=1S/C16H22S/c1-9(2)14-8-13-7-11(5)17-16(13)15(10(3)4)12(14)6/h7-10H,1-6H3. The maximum atomic E-state index is 2.39. The Kier molecular flexibility index (Phi) is 3.31. The molecule has 0 radical (unpaired) electrons. The van der Waals surface area contributed by atoms with Gasteiger partial charge in [-0.3, -0.25) is 0 Å². The van der Waals surface area contributed by atoms with E-state index in [0.29, 0.717) is 11.8 Å². The molecule has 1 heteroatoms. The summed E-state index contributed by atoms with van der Waals surface area (Å²) in [5.74, 6) is 1.21. The summed E-state index contributed by atoms with van der Waals surface area (Å²) >= 11 is 1.94. The third-order valence-electron chi connectivity index (χ3n) is 3.48. The van der Waals surface area contributed by atoms with Gasteiger partial charge in [-0.1, -0.05) is 27.7 Å². The summed E-state index contributed by atoms with van der Waals surface area (Å²) in [4.78, 5) is 1.42. The fourth-order valence-corrected chi connectivity index (χ4v) is 3.99. The number of fused-ring (bicyclic) bond motifs is 1. The van der Waals surface area contributed by atoms with Crippen molar-refractivity contribution in [2.45, 2.75) is 53.4 Å². The third-order valence-corrected chi connectivity index (χ3v) is 4.58. The van der Waals surface area contributed by atoms with Gasteiger partial charge in [-0.15, -0.1) is 11.3 Å². The first-order valence-electron chi connectivity index (χ1n) is 6.45. The first-order chi connectivity index (χ1) is 7.91. The molecule has 0 atom stereocenters. The highest BCUT2D eigenvalue weighted by Gasteiger charge is 2.16. The van der Waals surface area contributed by atoms with E-state index in [2.05, 4.69) is 53.7 Å². The lowest BCUT2D eigenvalue weighted by molar-refractivity contribution is 0.826. The third kappa shape index (κ3) is 2.13. The zero-order valence-electron chi connectivity index (χ0n) is 11.7. The molecule has 0 aliphatic carbocycles. The van der Waals surface area contributed by atoms with Gasteiger partial charge < -0.3 is 0 Å². The summed E-state index contributed by atoms with van der Waals surface area (Å²) in [6.07, 6.45) is 0. The van der Waals surface area contributed by atoms with Gasteiger partial charge in [-0.05, 0) is 59.9 Å². The summed E-state index contributed by atoms with van der Waals surface area (Å²) in [6, 6.07) is 4.72. The molecule has 0 spiro atoms. The van der Waals surface area contributed by atoms with Crippen LogP contribution in [0.15, 0.2) is 12.1 Å². The van der Waals surface area contributed by atoms with Gasteiger partial charge in [0.2, 0.25) is 0 Å². The molecule has 1 aromatic carbocycles. The summed E-state index contributed by atoms with van der Waals surface area (Å²) in [5, 5.41) is 1.44. The second kappa shape index (κ2) is 4.45. The average Bonchev–Trinajstić information content (AvgIpc) is 2.55. The maximum Gasteiger partial charge on any atom is 0.0383 e. The Morgan fingerprint density at radius 2 is 1.59 bits per heavy atom. The van der Waals surface area contributed by atoms with Gasteiger partial charge in [0.25, 0.3) is 0 Å². The van der Waals surface area contributed by atoms with Crippen molar-refractivity contribution in [2.75, 3.05) is 0 Å². The van der Waals surface area contributed by atoms with Crippen LogP contribution in [0.3, 0.4) is 0 Å². The van der Waals surface area contributed by atoms with Crippen LogP contribution in [-0.4, -0.2) is 0 Å². The Bertz CT molecular complexity index is 544. The molecule has 2 aromatic rings. The minimum absolute atomic E-state index is 0.606. The normalized spacial score (nSPS) is 12.0. The van der Waals surface area contributed by atoms with Crippen LogP contribution in [0, 0.1) is 13.8 Å². The fourth-order valence-electron chi connectivity index (χ4n) is 2.75. The van der Waals surface area contributed by atoms with E-state index < -0.39 is 0 Å². The van der Waals surface area contributed by atoms with E-state index in [4.69, 9.17) is 0 Å². The molecule has 0 nitrogen and oxygen atoms in total. The predicted octanol–water partition coefficient (Wildman–Crippen LogP) is 5.76. The van der Waals surface area contributed by atoms with E-state index in [0.717, 1.165) is 0 Å². The number of rotatable bonds is 2. The molecule has 1 heterocycles. The molecular weight excluding hydrogens is 224 g/mol. The summed E-state index contributed by atoms with van der Waals surface area (Å²) in [7, 11) is 0. The van der Waals surface area contributed by atoms with Gasteiger partial charge in [0.1, 0.15) is 0 Å². The highest BCUT2D eigenvalue weighted by Crippen LogP contribution is 2.38. The lowest BCUT2D eigenvalue weighted by Gasteiger charge is -2.18. The summed E-state index contributed by atoms with van der Waals surface area (Å²) < 4.78 is 1.50. The summed E-state index contributed by atoms with van der Waals surface area (Å²) in [5.41, 5.74) is 4.58. The largest absolute Gasteiger partial charge is 0.140 e. The van der Waals surface area contributed by atoms with Crippen molar-refractivity contribution in [3.8, 4) is 0 Å². The number of hydrogen-bond donors (Lipinski definition) is 0. The molecule has 0 N–H and O–H groups in total. The molecule has 1 aromatic heterocycles. The SMILES string of the molecule is Cc1cc2cc(C(C)C)c(C)c(C(C)C)c2s1. The van der Waals surface area contributed by atoms with E-state index in [1.807, 2.05) is 11.3 Å². The fraction of sp³-hybridized carbons (Fsp3) is 0.500. The topological polar surface area (TPSA) is 0 Å². The molecule has 0 bridgehead atoms. The Labute approximate surface area is 109 Å². The van der Waals surface area contributed by atoms with Gasteiger partial charge in [0.15, 0.2) is 0 Å². The monoisotopic (exact) mass is 246 g/mol. The van der Waals surface area contributed by atoms with Crippen molar-refractivity contribution in [2.24, 2.45) is 0 Å². The van der Waals surface area contributed by atoms with Crippen LogP contribution in [-0.2, 0) is 0 Å². The minimum atomic E-state index is 0.606. The van der Waals surface area contributed by atoms with Crippen LogP contribution < -0.4 is 0 Å². The minimum Gasteiger partial charge on any atom is -0.140 e. The zero-order valence-corrected chi connectivity index (χ0v) is 12.5. The molecule has 2 rings (SSSR count). The van der Waals surface area contributed by atoms with Gasteiger partial charge in [0, 0.05) is 9.58 Å². The number of benzene rings is 1. The second-order valence-corrected chi connectivity index (χ2v) is 6.85. The van der Waals surface area contributed by atoms with E-state index in [1.165, 1.54) is 26.1 Å². The van der Waals surface area contributed by atoms with E-state index in [-0.39, 0.29) is 0 Å². The molecule has 0 amide bonds.